The lowest BCUT2D eigenvalue weighted by atomic mass is 10.0. The van der Waals surface area contributed by atoms with E-state index in [4.69, 9.17) is 0 Å². The zero-order valence-corrected chi connectivity index (χ0v) is 12.6. The number of nitrogens with zero attached hydrogens (tertiary/aromatic N) is 1. The van der Waals surface area contributed by atoms with Gasteiger partial charge in [-0.15, -0.1) is 0 Å². The fourth-order valence-electron chi connectivity index (χ4n) is 2.69. The lowest BCUT2D eigenvalue weighted by Crippen LogP contribution is -2.48. The molecule has 0 fully saturated rings. The van der Waals surface area contributed by atoms with Crippen LogP contribution in [0.5, 0.6) is 0 Å². The van der Waals surface area contributed by atoms with Gasteiger partial charge in [0.15, 0.2) is 5.76 Å². The normalized spacial score (nSPS) is 20.6. The number of amides is 1. The average Bonchev–Trinajstić information content (AvgIpc) is 2.62. The Morgan fingerprint density at radius 2 is 1.90 bits per heavy atom. The zero-order valence-electron chi connectivity index (χ0n) is 12.6. The van der Waals surface area contributed by atoms with Crippen LogP contribution in [0.4, 0.5) is 0 Å². The maximum Gasteiger partial charge on any atom is 0.326 e. The van der Waals surface area contributed by atoms with E-state index >= 15 is 0 Å². The fraction of sp³-hybridized carbons (Fsp3) is 0.733. The number of rotatable bonds is 8. The summed E-state index contributed by atoms with van der Waals surface area (Å²) in [6.07, 6.45) is 4.64. The summed E-state index contributed by atoms with van der Waals surface area (Å²) >= 11 is 0. The number of aliphatic hydroxyl groups is 1. The van der Waals surface area contributed by atoms with Crippen molar-refractivity contribution in [2.45, 2.75) is 71.4 Å². The van der Waals surface area contributed by atoms with Crippen LogP contribution in [0.15, 0.2) is 11.3 Å². The van der Waals surface area contributed by atoms with Crippen molar-refractivity contribution < 1.29 is 19.8 Å². The third-order valence-corrected chi connectivity index (χ3v) is 3.93. The van der Waals surface area contributed by atoms with Gasteiger partial charge in [0.1, 0.15) is 6.04 Å². The summed E-state index contributed by atoms with van der Waals surface area (Å²) < 4.78 is 0. The maximum absolute atomic E-state index is 12.2. The minimum atomic E-state index is -0.990. The second-order valence-electron chi connectivity index (χ2n) is 5.40. The predicted octanol–water partition coefficient (Wildman–Crippen LogP) is 2.86. The molecule has 5 nitrogen and oxygen atoms in total. The summed E-state index contributed by atoms with van der Waals surface area (Å²) in [6, 6.07) is -1.12. The molecule has 0 aromatic rings. The first kappa shape index (κ1) is 16.5. The second-order valence-corrected chi connectivity index (χ2v) is 5.40. The Balaban J connectivity index is 2.98. The molecule has 0 bridgehead atoms. The van der Waals surface area contributed by atoms with E-state index in [2.05, 4.69) is 0 Å². The van der Waals surface area contributed by atoms with Crippen molar-refractivity contribution >= 4 is 11.9 Å². The molecule has 1 amide bonds. The number of aliphatic carboxylic acids is 1. The fourth-order valence-corrected chi connectivity index (χ4v) is 2.69. The van der Waals surface area contributed by atoms with Gasteiger partial charge in [-0.1, -0.05) is 39.5 Å². The SMILES string of the molecule is CCCCC(C(=O)O)N1C(=O)C(O)=C(C)C1CCCC. The highest BCUT2D eigenvalue weighted by molar-refractivity contribution is 5.97. The van der Waals surface area contributed by atoms with Crippen LogP contribution in [0.1, 0.15) is 59.3 Å². The molecular formula is C15H25NO4. The smallest absolute Gasteiger partial charge is 0.326 e. The van der Waals surface area contributed by atoms with Gasteiger partial charge in [0.05, 0.1) is 6.04 Å². The van der Waals surface area contributed by atoms with E-state index in [0.717, 1.165) is 25.7 Å². The number of hydrogen-bond donors (Lipinski definition) is 2. The van der Waals surface area contributed by atoms with Crippen LogP contribution in [-0.2, 0) is 9.59 Å². The van der Waals surface area contributed by atoms with Gasteiger partial charge < -0.3 is 15.1 Å². The number of hydrogen-bond acceptors (Lipinski definition) is 3. The molecular weight excluding hydrogens is 258 g/mol. The van der Waals surface area contributed by atoms with Crippen molar-refractivity contribution in [3.05, 3.63) is 11.3 Å². The molecule has 114 valence electrons. The lowest BCUT2D eigenvalue weighted by Gasteiger charge is -2.31. The van der Waals surface area contributed by atoms with Crippen molar-refractivity contribution in [1.82, 2.24) is 4.90 Å². The van der Waals surface area contributed by atoms with E-state index in [9.17, 15) is 19.8 Å². The molecule has 1 aliphatic rings. The number of carbonyl (C=O) groups excluding carboxylic acids is 1. The van der Waals surface area contributed by atoms with Crippen LogP contribution in [0.25, 0.3) is 0 Å². The maximum atomic E-state index is 12.2. The van der Waals surface area contributed by atoms with Crippen LogP contribution in [0.3, 0.4) is 0 Å². The highest BCUT2D eigenvalue weighted by Gasteiger charge is 2.43. The summed E-state index contributed by atoms with van der Waals surface area (Å²) in [5.41, 5.74) is 0.603. The molecule has 2 unspecified atom stereocenters. The van der Waals surface area contributed by atoms with Crippen molar-refractivity contribution in [2.75, 3.05) is 0 Å². The molecule has 2 atom stereocenters. The van der Waals surface area contributed by atoms with E-state index in [1.807, 2.05) is 13.8 Å². The second kappa shape index (κ2) is 7.31. The average molecular weight is 283 g/mol. The number of unbranched alkanes of at least 4 members (excludes halogenated alkanes) is 2. The molecule has 20 heavy (non-hydrogen) atoms. The van der Waals surface area contributed by atoms with E-state index in [1.165, 1.54) is 4.90 Å². The van der Waals surface area contributed by atoms with E-state index in [1.54, 1.807) is 6.92 Å². The molecule has 0 aromatic heterocycles. The summed E-state index contributed by atoms with van der Waals surface area (Å²) in [5, 5.41) is 19.3. The van der Waals surface area contributed by atoms with Crippen LogP contribution in [-0.4, -0.2) is 39.1 Å². The first-order valence-electron chi connectivity index (χ1n) is 7.40. The molecule has 0 aliphatic carbocycles. The van der Waals surface area contributed by atoms with Crippen LogP contribution in [0.2, 0.25) is 0 Å². The van der Waals surface area contributed by atoms with Gasteiger partial charge >= 0.3 is 5.97 Å². The van der Waals surface area contributed by atoms with Gasteiger partial charge in [0.25, 0.3) is 5.91 Å². The largest absolute Gasteiger partial charge is 0.503 e. The Hall–Kier alpha value is -1.52. The van der Waals surface area contributed by atoms with Gasteiger partial charge in [0.2, 0.25) is 0 Å². The first-order valence-corrected chi connectivity index (χ1v) is 7.40. The molecule has 0 radical (unpaired) electrons. The lowest BCUT2D eigenvalue weighted by molar-refractivity contribution is -0.150. The number of carboxylic acid groups (broad SMARTS) is 1. The molecule has 0 saturated heterocycles. The number of carbonyl (C=O) groups is 2. The molecule has 5 heteroatoms. The minimum absolute atomic E-state index is 0.270. The molecule has 1 rings (SSSR count). The Kier molecular flexibility index (Phi) is 6.05. The molecule has 0 aromatic carbocycles. The van der Waals surface area contributed by atoms with Gasteiger partial charge in [-0.3, -0.25) is 4.79 Å². The zero-order chi connectivity index (χ0) is 15.3. The van der Waals surface area contributed by atoms with Crippen LogP contribution >= 0.6 is 0 Å². The van der Waals surface area contributed by atoms with Crippen LogP contribution < -0.4 is 0 Å². The highest BCUT2D eigenvalue weighted by Crippen LogP contribution is 2.31. The molecule has 0 spiro atoms. The number of aliphatic hydroxyl groups excluding tert-OH is 1. The van der Waals surface area contributed by atoms with Gasteiger partial charge in [-0.25, -0.2) is 4.79 Å². The van der Waals surface area contributed by atoms with Gasteiger partial charge in [0, 0.05) is 0 Å². The quantitative estimate of drug-likeness (QED) is 0.718. The summed E-state index contributed by atoms with van der Waals surface area (Å²) in [7, 11) is 0. The Morgan fingerprint density at radius 3 is 2.40 bits per heavy atom. The van der Waals surface area contributed by atoms with Crippen molar-refractivity contribution in [3.63, 3.8) is 0 Å². The molecule has 1 aliphatic heterocycles. The minimum Gasteiger partial charge on any atom is -0.503 e. The van der Waals surface area contributed by atoms with E-state index in [-0.39, 0.29) is 11.8 Å². The Morgan fingerprint density at radius 1 is 1.30 bits per heavy atom. The standard InChI is InChI=1S/C15H25NO4/c1-4-6-8-11-10(3)13(17)14(18)16(11)12(15(19)20)9-7-5-2/h11-12,17H,4-9H2,1-3H3,(H,19,20). The Labute approximate surface area is 120 Å². The molecule has 0 saturated carbocycles. The van der Waals surface area contributed by atoms with Crippen molar-refractivity contribution in [1.29, 1.82) is 0 Å². The first-order chi connectivity index (χ1) is 9.45. The summed E-state index contributed by atoms with van der Waals surface area (Å²) in [4.78, 5) is 25.0. The monoisotopic (exact) mass is 283 g/mol. The van der Waals surface area contributed by atoms with E-state index in [0.29, 0.717) is 18.4 Å². The van der Waals surface area contributed by atoms with Crippen molar-refractivity contribution in [2.24, 2.45) is 0 Å². The van der Waals surface area contributed by atoms with Crippen LogP contribution in [0, 0.1) is 0 Å². The highest BCUT2D eigenvalue weighted by atomic mass is 16.4. The predicted molar refractivity (Wildman–Crippen MR) is 76.4 cm³/mol. The van der Waals surface area contributed by atoms with Crippen molar-refractivity contribution in [3.8, 4) is 0 Å². The third-order valence-electron chi connectivity index (χ3n) is 3.93. The third kappa shape index (κ3) is 3.32. The van der Waals surface area contributed by atoms with Gasteiger partial charge in [-0.05, 0) is 25.3 Å². The summed E-state index contributed by atoms with van der Waals surface area (Å²) in [6.45, 7) is 5.75. The van der Waals surface area contributed by atoms with Gasteiger partial charge in [-0.2, -0.15) is 0 Å². The summed E-state index contributed by atoms with van der Waals surface area (Å²) in [5.74, 6) is -1.79. The Bertz CT molecular complexity index is 403. The number of carboxylic acids is 1. The topological polar surface area (TPSA) is 77.8 Å². The molecule has 1 heterocycles. The molecule has 2 N–H and O–H groups in total. The van der Waals surface area contributed by atoms with E-state index < -0.39 is 17.9 Å².